The number of hydrogen-bond donors (Lipinski definition) is 0. The Morgan fingerprint density at radius 3 is 2.63 bits per heavy atom. The highest BCUT2D eigenvalue weighted by molar-refractivity contribution is 7.10. The van der Waals surface area contributed by atoms with E-state index in [1.54, 1.807) is 23.3 Å². The topological polar surface area (TPSA) is 49.9 Å². The predicted octanol–water partition coefficient (Wildman–Crippen LogP) is 4.05. The van der Waals surface area contributed by atoms with Crippen molar-refractivity contribution >= 4 is 23.2 Å². The summed E-state index contributed by atoms with van der Waals surface area (Å²) >= 11 is 1.76. The monoisotopic (exact) mass is 428 g/mol. The van der Waals surface area contributed by atoms with Gasteiger partial charge in [-0.15, -0.1) is 11.3 Å². The van der Waals surface area contributed by atoms with Crippen LogP contribution in [0.5, 0.6) is 0 Å². The normalized spacial score (nSPS) is 15.9. The van der Waals surface area contributed by atoms with E-state index in [0.29, 0.717) is 26.1 Å². The number of thiophene rings is 1. The van der Waals surface area contributed by atoms with Gasteiger partial charge in [0, 0.05) is 31.5 Å². The first kappa shape index (κ1) is 22.5. The Morgan fingerprint density at radius 1 is 1.23 bits per heavy atom. The molecule has 0 radical (unpaired) electrons. The van der Waals surface area contributed by atoms with Crippen molar-refractivity contribution in [3.63, 3.8) is 0 Å². The number of aryl methyl sites for hydroxylation is 1. The van der Waals surface area contributed by atoms with Gasteiger partial charge in [0.15, 0.2) is 0 Å². The third-order valence-electron chi connectivity index (χ3n) is 5.51. The van der Waals surface area contributed by atoms with Gasteiger partial charge in [-0.05, 0) is 41.8 Å². The van der Waals surface area contributed by atoms with Crippen molar-refractivity contribution in [3.05, 3.63) is 57.3 Å². The lowest BCUT2D eigenvalue weighted by Gasteiger charge is -2.37. The van der Waals surface area contributed by atoms with E-state index in [0.717, 1.165) is 12.0 Å². The minimum Gasteiger partial charge on any atom is -0.383 e. The molecule has 1 atom stereocenters. The van der Waals surface area contributed by atoms with Gasteiger partial charge in [0.25, 0.3) is 0 Å². The Bertz CT molecular complexity index is 860. The van der Waals surface area contributed by atoms with E-state index in [1.807, 2.05) is 18.7 Å². The van der Waals surface area contributed by atoms with Crippen LogP contribution in [0.25, 0.3) is 0 Å². The number of ether oxygens (including phenoxy) is 1. The molecule has 6 heteroatoms. The number of methoxy groups -OCH3 is 1. The molecule has 1 aliphatic rings. The van der Waals surface area contributed by atoms with Gasteiger partial charge in [0.05, 0.1) is 19.2 Å². The van der Waals surface area contributed by atoms with Gasteiger partial charge in [-0.2, -0.15) is 0 Å². The molecule has 30 heavy (non-hydrogen) atoms. The summed E-state index contributed by atoms with van der Waals surface area (Å²) < 4.78 is 5.17. The summed E-state index contributed by atoms with van der Waals surface area (Å²) in [5.74, 6) is 0.252. The summed E-state index contributed by atoms with van der Waals surface area (Å²) in [5.41, 5.74) is 3.52. The fraction of sp³-hybridized carbons (Fsp3) is 0.500. The van der Waals surface area contributed by atoms with Gasteiger partial charge in [0.1, 0.15) is 0 Å². The summed E-state index contributed by atoms with van der Waals surface area (Å²) in [7, 11) is 1.61. The van der Waals surface area contributed by atoms with Crippen LogP contribution in [0.4, 0.5) is 0 Å². The van der Waals surface area contributed by atoms with E-state index < -0.39 is 0 Å². The van der Waals surface area contributed by atoms with Gasteiger partial charge in [-0.3, -0.25) is 9.59 Å². The quantitative estimate of drug-likeness (QED) is 0.637. The average Bonchev–Trinajstić information content (AvgIpc) is 3.19. The maximum atomic E-state index is 13.4. The number of amides is 2. The minimum atomic E-state index is -0.0995. The van der Waals surface area contributed by atoms with Crippen LogP contribution in [0, 0.1) is 12.8 Å². The van der Waals surface area contributed by atoms with Crippen LogP contribution >= 0.6 is 11.3 Å². The average molecular weight is 429 g/mol. The van der Waals surface area contributed by atoms with Gasteiger partial charge in [-0.25, -0.2) is 0 Å². The molecule has 0 unspecified atom stereocenters. The molecule has 5 nitrogen and oxygen atoms in total. The fourth-order valence-electron chi connectivity index (χ4n) is 3.92. The Labute approximate surface area is 183 Å². The van der Waals surface area contributed by atoms with Gasteiger partial charge in [-0.1, -0.05) is 43.7 Å². The molecule has 1 aromatic heterocycles. The van der Waals surface area contributed by atoms with Crippen molar-refractivity contribution in [2.75, 3.05) is 33.4 Å². The fourth-order valence-corrected chi connectivity index (χ4v) is 4.82. The lowest BCUT2D eigenvalue weighted by atomic mass is 9.92. The molecule has 2 aromatic rings. The van der Waals surface area contributed by atoms with E-state index in [4.69, 9.17) is 4.74 Å². The second-order valence-corrected chi connectivity index (χ2v) is 9.36. The van der Waals surface area contributed by atoms with Gasteiger partial charge < -0.3 is 14.5 Å². The second-order valence-electron chi connectivity index (χ2n) is 8.36. The molecule has 3 rings (SSSR count). The second kappa shape index (κ2) is 10.2. The van der Waals surface area contributed by atoms with Crippen molar-refractivity contribution in [1.82, 2.24) is 9.80 Å². The molecular formula is C24H32N2O3S. The third kappa shape index (κ3) is 5.29. The van der Waals surface area contributed by atoms with Gasteiger partial charge >= 0.3 is 0 Å². The molecule has 2 amide bonds. The molecule has 0 saturated carbocycles. The number of carbonyl (C=O) groups excluding carboxylic acids is 2. The van der Waals surface area contributed by atoms with E-state index in [-0.39, 0.29) is 30.3 Å². The first-order chi connectivity index (χ1) is 14.4. The smallest absolute Gasteiger partial charge is 0.242 e. The Kier molecular flexibility index (Phi) is 7.67. The number of nitrogens with zero attached hydrogens (tertiary/aromatic N) is 2. The van der Waals surface area contributed by atoms with Crippen LogP contribution in [0.2, 0.25) is 0 Å². The zero-order valence-electron chi connectivity index (χ0n) is 18.4. The van der Waals surface area contributed by atoms with E-state index in [2.05, 4.69) is 42.6 Å². The van der Waals surface area contributed by atoms with E-state index in [9.17, 15) is 9.59 Å². The minimum absolute atomic E-state index is 0.00867. The molecule has 0 saturated heterocycles. The van der Waals surface area contributed by atoms with Crippen LogP contribution in [0.15, 0.2) is 35.7 Å². The molecule has 0 aliphatic carbocycles. The highest BCUT2D eigenvalue weighted by atomic mass is 32.1. The number of hydrogen-bond acceptors (Lipinski definition) is 4. The summed E-state index contributed by atoms with van der Waals surface area (Å²) in [6.45, 7) is 7.72. The molecule has 1 aromatic carbocycles. The van der Waals surface area contributed by atoms with Crippen molar-refractivity contribution in [2.24, 2.45) is 5.92 Å². The molecule has 0 spiro atoms. The zero-order chi connectivity index (χ0) is 21.7. The maximum absolute atomic E-state index is 13.4. The zero-order valence-corrected chi connectivity index (χ0v) is 19.2. The molecule has 0 bridgehead atoms. The SMILES string of the molecule is COCCN(CC(=O)N1CCc2sccc2[C@H]1c1ccc(C)cc1)C(=O)CC(C)C. The summed E-state index contributed by atoms with van der Waals surface area (Å²) in [6, 6.07) is 10.4. The number of rotatable bonds is 8. The highest BCUT2D eigenvalue weighted by Gasteiger charge is 2.33. The highest BCUT2D eigenvalue weighted by Crippen LogP contribution is 2.38. The Balaban J connectivity index is 1.84. The Hall–Kier alpha value is -2.18. The standard InChI is InChI=1S/C24H32N2O3S/c1-17(2)15-22(27)25(12-13-29-4)16-23(28)26-11-9-21-20(10-14-30-21)24(26)19-7-5-18(3)6-8-19/h5-8,10,14,17,24H,9,11-13,15-16H2,1-4H3/t24-/m1/s1. The number of benzene rings is 1. The van der Waals surface area contributed by atoms with E-state index >= 15 is 0 Å². The molecule has 162 valence electrons. The van der Waals surface area contributed by atoms with Crippen LogP contribution in [-0.4, -0.2) is 55.0 Å². The lowest BCUT2D eigenvalue weighted by molar-refractivity contribution is -0.142. The van der Waals surface area contributed by atoms with Crippen LogP contribution in [0.3, 0.4) is 0 Å². The van der Waals surface area contributed by atoms with E-state index in [1.165, 1.54) is 16.0 Å². The largest absolute Gasteiger partial charge is 0.383 e. The van der Waals surface area contributed by atoms with Crippen molar-refractivity contribution in [1.29, 1.82) is 0 Å². The maximum Gasteiger partial charge on any atom is 0.242 e. The predicted molar refractivity (Wildman–Crippen MR) is 121 cm³/mol. The lowest BCUT2D eigenvalue weighted by Crippen LogP contribution is -2.47. The summed E-state index contributed by atoms with van der Waals surface area (Å²) in [6.07, 6.45) is 1.30. The first-order valence-electron chi connectivity index (χ1n) is 10.6. The molecular weight excluding hydrogens is 396 g/mol. The number of carbonyl (C=O) groups is 2. The van der Waals surface area contributed by atoms with Crippen molar-refractivity contribution in [2.45, 2.75) is 39.7 Å². The Morgan fingerprint density at radius 2 is 1.97 bits per heavy atom. The van der Waals surface area contributed by atoms with Crippen LogP contribution in [-0.2, 0) is 20.7 Å². The number of fused-ring (bicyclic) bond motifs is 1. The van der Waals surface area contributed by atoms with Crippen LogP contribution < -0.4 is 0 Å². The van der Waals surface area contributed by atoms with Crippen molar-refractivity contribution < 1.29 is 14.3 Å². The summed E-state index contributed by atoms with van der Waals surface area (Å²) in [4.78, 5) is 31.1. The van der Waals surface area contributed by atoms with Crippen LogP contribution in [0.1, 0.15) is 47.9 Å². The van der Waals surface area contributed by atoms with Crippen molar-refractivity contribution in [3.8, 4) is 0 Å². The third-order valence-corrected chi connectivity index (χ3v) is 6.50. The summed E-state index contributed by atoms with van der Waals surface area (Å²) in [5, 5.41) is 2.11. The molecule has 2 heterocycles. The van der Waals surface area contributed by atoms with Gasteiger partial charge in [0.2, 0.25) is 11.8 Å². The molecule has 0 N–H and O–H groups in total. The molecule has 1 aliphatic heterocycles. The first-order valence-corrected chi connectivity index (χ1v) is 11.5. The molecule has 0 fully saturated rings.